The number of rotatable bonds is 1. The number of aryl methyl sites for hydroxylation is 1. The van der Waals surface area contributed by atoms with Crippen molar-refractivity contribution in [3.8, 4) is 11.4 Å². The first kappa shape index (κ1) is 13.1. The largest absolute Gasteiger partial charge is 0.327 e. The van der Waals surface area contributed by atoms with Crippen LogP contribution in [0.2, 0.25) is 0 Å². The molecule has 1 aliphatic heterocycles. The lowest BCUT2D eigenvalue weighted by molar-refractivity contribution is 0.463. The zero-order chi connectivity index (χ0) is 11.8. The number of aromatic nitrogens is 2. The van der Waals surface area contributed by atoms with E-state index in [1.54, 1.807) is 6.07 Å². The van der Waals surface area contributed by atoms with E-state index in [2.05, 4.69) is 9.55 Å². The van der Waals surface area contributed by atoms with Crippen LogP contribution >= 0.6 is 12.4 Å². The standard InChI is InChI=1S/C13H14FN3.ClH/c14-10-3-1-2-9(6-10)13-16-7-12-5-4-11(15)8-17(12)13;/h1-3,6-7,11H,4-5,8,15H2;1H. The van der Waals surface area contributed by atoms with Crippen LogP contribution in [0.25, 0.3) is 11.4 Å². The fourth-order valence-electron chi connectivity index (χ4n) is 2.33. The summed E-state index contributed by atoms with van der Waals surface area (Å²) in [6.45, 7) is 0.765. The summed E-state index contributed by atoms with van der Waals surface area (Å²) in [5, 5.41) is 0. The quantitative estimate of drug-likeness (QED) is 0.862. The first-order valence-electron chi connectivity index (χ1n) is 5.80. The average Bonchev–Trinajstić information content (AvgIpc) is 2.71. The Morgan fingerprint density at radius 3 is 3.00 bits per heavy atom. The molecule has 96 valence electrons. The lowest BCUT2D eigenvalue weighted by Crippen LogP contribution is -2.31. The van der Waals surface area contributed by atoms with Gasteiger partial charge in [0.15, 0.2) is 0 Å². The second-order valence-electron chi connectivity index (χ2n) is 4.49. The predicted molar refractivity (Wildman–Crippen MR) is 71.2 cm³/mol. The Morgan fingerprint density at radius 1 is 1.39 bits per heavy atom. The predicted octanol–water partition coefficient (Wildman–Crippen LogP) is 2.38. The Balaban J connectivity index is 0.00000120. The van der Waals surface area contributed by atoms with Gasteiger partial charge in [0.2, 0.25) is 0 Å². The Labute approximate surface area is 111 Å². The van der Waals surface area contributed by atoms with Crippen molar-refractivity contribution in [2.24, 2.45) is 5.73 Å². The van der Waals surface area contributed by atoms with Crippen LogP contribution in [0.15, 0.2) is 30.5 Å². The fourth-order valence-corrected chi connectivity index (χ4v) is 2.33. The van der Waals surface area contributed by atoms with E-state index in [9.17, 15) is 4.39 Å². The molecule has 1 aliphatic rings. The van der Waals surface area contributed by atoms with Gasteiger partial charge in [0.05, 0.1) is 0 Å². The normalized spacial score (nSPS) is 18.0. The van der Waals surface area contributed by atoms with Crippen LogP contribution in [0.5, 0.6) is 0 Å². The summed E-state index contributed by atoms with van der Waals surface area (Å²) in [5.74, 6) is 0.578. The number of hydrogen-bond donors (Lipinski definition) is 1. The molecule has 1 aromatic carbocycles. The highest BCUT2D eigenvalue weighted by Gasteiger charge is 2.19. The molecule has 0 saturated heterocycles. The molecular weight excluding hydrogens is 253 g/mol. The van der Waals surface area contributed by atoms with Crippen LogP contribution in [-0.4, -0.2) is 15.6 Å². The topological polar surface area (TPSA) is 43.8 Å². The van der Waals surface area contributed by atoms with Crippen LogP contribution < -0.4 is 5.73 Å². The van der Waals surface area contributed by atoms with Gasteiger partial charge in [-0.3, -0.25) is 0 Å². The van der Waals surface area contributed by atoms with Gasteiger partial charge in [-0.25, -0.2) is 9.37 Å². The van der Waals surface area contributed by atoms with Gasteiger partial charge in [0.25, 0.3) is 0 Å². The van der Waals surface area contributed by atoms with E-state index >= 15 is 0 Å². The number of fused-ring (bicyclic) bond motifs is 1. The lowest BCUT2D eigenvalue weighted by Gasteiger charge is -2.22. The summed E-state index contributed by atoms with van der Waals surface area (Å²) in [5.41, 5.74) is 7.96. The molecule has 0 bridgehead atoms. The van der Waals surface area contributed by atoms with Crippen LogP contribution in [0.4, 0.5) is 4.39 Å². The average molecular weight is 268 g/mol. The minimum absolute atomic E-state index is 0. The Bertz CT molecular complexity index is 553. The number of halogens is 2. The Kier molecular flexibility index (Phi) is 3.68. The highest BCUT2D eigenvalue weighted by Crippen LogP contribution is 2.24. The zero-order valence-corrected chi connectivity index (χ0v) is 10.7. The molecule has 0 amide bonds. The van der Waals surface area contributed by atoms with Crippen LogP contribution in [0.1, 0.15) is 12.1 Å². The molecule has 5 heteroatoms. The second-order valence-corrected chi connectivity index (χ2v) is 4.49. The highest BCUT2D eigenvalue weighted by atomic mass is 35.5. The minimum Gasteiger partial charge on any atom is -0.327 e. The number of nitrogens with two attached hydrogens (primary N) is 1. The van der Waals surface area contributed by atoms with Crippen molar-refractivity contribution in [1.82, 2.24) is 9.55 Å². The van der Waals surface area contributed by atoms with Gasteiger partial charge in [-0.05, 0) is 25.0 Å². The summed E-state index contributed by atoms with van der Waals surface area (Å²) in [4.78, 5) is 4.38. The Hall–Kier alpha value is -1.39. The van der Waals surface area contributed by atoms with E-state index < -0.39 is 0 Å². The van der Waals surface area contributed by atoms with Crippen molar-refractivity contribution >= 4 is 12.4 Å². The summed E-state index contributed by atoms with van der Waals surface area (Å²) in [6, 6.07) is 6.70. The summed E-state index contributed by atoms with van der Waals surface area (Å²) < 4.78 is 15.3. The number of imidazole rings is 1. The molecule has 2 aromatic rings. The van der Waals surface area contributed by atoms with Gasteiger partial charge in [-0.15, -0.1) is 12.4 Å². The van der Waals surface area contributed by atoms with Gasteiger partial charge in [-0.2, -0.15) is 0 Å². The maximum absolute atomic E-state index is 13.2. The Morgan fingerprint density at radius 2 is 2.22 bits per heavy atom. The molecule has 0 radical (unpaired) electrons. The molecule has 0 aliphatic carbocycles. The van der Waals surface area contributed by atoms with E-state index in [1.807, 2.05) is 12.3 Å². The molecular formula is C13H15ClFN3. The number of nitrogens with zero attached hydrogens (tertiary/aromatic N) is 2. The van der Waals surface area contributed by atoms with E-state index in [-0.39, 0.29) is 24.3 Å². The van der Waals surface area contributed by atoms with Crippen LogP contribution in [0, 0.1) is 5.82 Å². The number of benzene rings is 1. The zero-order valence-electron chi connectivity index (χ0n) is 9.84. The molecule has 2 heterocycles. The van der Waals surface area contributed by atoms with E-state index in [1.165, 1.54) is 17.8 Å². The van der Waals surface area contributed by atoms with Crippen molar-refractivity contribution in [2.75, 3.05) is 0 Å². The molecule has 0 fully saturated rings. The van der Waals surface area contributed by atoms with Crippen molar-refractivity contribution in [3.05, 3.63) is 42.0 Å². The lowest BCUT2D eigenvalue weighted by atomic mass is 10.1. The molecule has 1 aromatic heterocycles. The molecule has 3 nitrogen and oxygen atoms in total. The van der Waals surface area contributed by atoms with Crippen LogP contribution in [0.3, 0.4) is 0 Å². The third kappa shape index (κ3) is 2.26. The minimum atomic E-state index is -0.236. The van der Waals surface area contributed by atoms with Gasteiger partial charge in [0, 0.05) is 30.0 Å². The van der Waals surface area contributed by atoms with Crippen LogP contribution in [-0.2, 0) is 13.0 Å². The molecule has 1 atom stereocenters. The van der Waals surface area contributed by atoms with Gasteiger partial charge in [-0.1, -0.05) is 12.1 Å². The fraction of sp³-hybridized carbons (Fsp3) is 0.308. The van der Waals surface area contributed by atoms with Crippen molar-refractivity contribution in [2.45, 2.75) is 25.4 Å². The monoisotopic (exact) mass is 267 g/mol. The third-order valence-electron chi connectivity index (χ3n) is 3.21. The molecule has 0 saturated carbocycles. The maximum atomic E-state index is 13.2. The van der Waals surface area contributed by atoms with Gasteiger partial charge >= 0.3 is 0 Å². The number of hydrogen-bond acceptors (Lipinski definition) is 2. The van der Waals surface area contributed by atoms with Gasteiger partial charge < -0.3 is 10.3 Å². The summed E-state index contributed by atoms with van der Waals surface area (Å²) in [6.07, 6.45) is 3.81. The molecule has 1 unspecified atom stereocenters. The molecule has 0 spiro atoms. The molecule has 2 N–H and O–H groups in total. The molecule has 18 heavy (non-hydrogen) atoms. The first-order valence-corrected chi connectivity index (χ1v) is 5.80. The van der Waals surface area contributed by atoms with E-state index in [0.29, 0.717) is 0 Å². The maximum Gasteiger partial charge on any atom is 0.140 e. The third-order valence-corrected chi connectivity index (χ3v) is 3.21. The van der Waals surface area contributed by atoms with Crippen molar-refractivity contribution < 1.29 is 4.39 Å². The van der Waals surface area contributed by atoms with Crippen molar-refractivity contribution in [3.63, 3.8) is 0 Å². The molecule has 3 rings (SSSR count). The van der Waals surface area contributed by atoms with Gasteiger partial charge in [0.1, 0.15) is 11.6 Å². The summed E-state index contributed by atoms with van der Waals surface area (Å²) in [7, 11) is 0. The highest BCUT2D eigenvalue weighted by molar-refractivity contribution is 5.85. The van der Waals surface area contributed by atoms with Crippen molar-refractivity contribution in [1.29, 1.82) is 0 Å². The van der Waals surface area contributed by atoms with E-state index in [4.69, 9.17) is 5.73 Å². The second kappa shape index (κ2) is 5.08. The first-order chi connectivity index (χ1) is 8.24. The van der Waals surface area contributed by atoms with E-state index in [0.717, 1.165) is 30.8 Å². The summed E-state index contributed by atoms with van der Waals surface area (Å²) >= 11 is 0. The SMILES string of the molecule is Cl.NC1CCc2cnc(-c3cccc(F)c3)n2C1. The smallest absolute Gasteiger partial charge is 0.140 e.